The summed E-state index contributed by atoms with van der Waals surface area (Å²) in [4.78, 5) is 11.9. The number of hydrogen-bond donors (Lipinski definition) is 0. The second-order valence-corrected chi connectivity index (χ2v) is 6.45. The standard InChI is InChI=1S/C19H15FN4O2S/c1-13(11-21)26-17(25)12-27-19-23-22-18(15-9-5-6-10-16(15)20)24(19)14-7-3-2-4-8-14/h2-10,13H,12H2,1H3/t13-/m0/s1. The van der Waals surface area contributed by atoms with Crippen LogP contribution in [0, 0.1) is 17.1 Å². The minimum Gasteiger partial charge on any atom is -0.447 e. The van der Waals surface area contributed by atoms with Crippen LogP contribution in [0.3, 0.4) is 0 Å². The lowest BCUT2D eigenvalue weighted by atomic mass is 10.2. The van der Waals surface area contributed by atoms with Crippen LogP contribution in [0.1, 0.15) is 6.92 Å². The first-order valence-electron chi connectivity index (χ1n) is 8.07. The minimum absolute atomic E-state index is 0.0474. The zero-order valence-electron chi connectivity index (χ0n) is 14.4. The van der Waals surface area contributed by atoms with Gasteiger partial charge in [0, 0.05) is 5.69 Å². The summed E-state index contributed by atoms with van der Waals surface area (Å²) in [5.74, 6) is -0.667. The van der Waals surface area contributed by atoms with Crippen molar-refractivity contribution in [1.82, 2.24) is 14.8 Å². The maximum atomic E-state index is 14.3. The summed E-state index contributed by atoms with van der Waals surface area (Å²) < 4.78 is 20.9. The van der Waals surface area contributed by atoms with E-state index in [1.54, 1.807) is 22.8 Å². The van der Waals surface area contributed by atoms with Gasteiger partial charge in [-0.2, -0.15) is 5.26 Å². The monoisotopic (exact) mass is 382 g/mol. The summed E-state index contributed by atoms with van der Waals surface area (Å²) in [6.07, 6.45) is -0.820. The molecule has 2 aromatic carbocycles. The fraction of sp³-hybridized carbons (Fsp3) is 0.158. The number of nitriles is 1. The molecule has 0 aliphatic heterocycles. The lowest BCUT2D eigenvalue weighted by molar-refractivity contribution is -0.142. The van der Waals surface area contributed by atoms with Crippen molar-refractivity contribution in [3.8, 4) is 23.1 Å². The molecule has 0 aliphatic carbocycles. The van der Waals surface area contributed by atoms with E-state index in [4.69, 9.17) is 10.00 Å². The Morgan fingerprint density at radius 1 is 1.22 bits per heavy atom. The van der Waals surface area contributed by atoms with Crippen molar-refractivity contribution in [2.45, 2.75) is 18.2 Å². The molecule has 0 N–H and O–H groups in total. The Bertz CT molecular complexity index is 985. The Morgan fingerprint density at radius 2 is 1.93 bits per heavy atom. The van der Waals surface area contributed by atoms with Crippen LogP contribution in [-0.4, -0.2) is 32.6 Å². The first kappa shape index (κ1) is 18.6. The molecule has 1 heterocycles. The van der Waals surface area contributed by atoms with Crippen molar-refractivity contribution in [2.75, 3.05) is 5.75 Å². The van der Waals surface area contributed by atoms with Crippen LogP contribution in [-0.2, 0) is 9.53 Å². The largest absolute Gasteiger partial charge is 0.447 e. The van der Waals surface area contributed by atoms with Gasteiger partial charge in [-0.3, -0.25) is 9.36 Å². The average Bonchev–Trinajstić information content (AvgIpc) is 3.11. The molecule has 0 radical (unpaired) electrons. The number of ether oxygens (including phenoxy) is 1. The fourth-order valence-electron chi connectivity index (χ4n) is 2.37. The van der Waals surface area contributed by atoms with E-state index in [1.165, 1.54) is 13.0 Å². The number of carbonyl (C=O) groups is 1. The van der Waals surface area contributed by atoms with Crippen molar-refractivity contribution in [1.29, 1.82) is 5.26 Å². The zero-order chi connectivity index (χ0) is 19.2. The smallest absolute Gasteiger partial charge is 0.317 e. The third-order valence-corrected chi connectivity index (χ3v) is 4.47. The normalized spacial score (nSPS) is 11.6. The Morgan fingerprint density at radius 3 is 2.63 bits per heavy atom. The lowest BCUT2D eigenvalue weighted by Crippen LogP contribution is -2.15. The maximum Gasteiger partial charge on any atom is 0.317 e. The molecule has 27 heavy (non-hydrogen) atoms. The predicted octanol–water partition coefficient (Wildman–Crippen LogP) is 3.62. The van der Waals surface area contributed by atoms with Gasteiger partial charge in [-0.15, -0.1) is 10.2 Å². The van der Waals surface area contributed by atoms with Crippen LogP contribution in [0.4, 0.5) is 4.39 Å². The summed E-state index contributed by atoms with van der Waals surface area (Å²) in [6, 6.07) is 17.4. The molecule has 136 valence electrons. The maximum absolute atomic E-state index is 14.3. The zero-order valence-corrected chi connectivity index (χ0v) is 15.2. The number of nitrogens with zero attached hydrogens (tertiary/aromatic N) is 4. The second kappa shape index (κ2) is 8.47. The highest BCUT2D eigenvalue weighted by molar-refractivity contribution is 7.99. The van der Waals surface area contributed by atoms with Crippen LogP contribution in [0.5, 0.6) is 0 Å². The molecule has 0 saturated heterocycles. The molecule has 0 fully saturated rings. The Balaban J connectivity index is 1.95. The highest BCUT2D eigenvalue weighted by Gasteiger charge is 2.20. The molecule has 1 aromatic heterocycles. The van der Waals surface area contributed by atoms with Gasteiger partial charge < -0.3 is 4.74 Å². The summed E-state index contributed by atoms with van der Waals surface area (Å²) in [5.41, 5.74) is 1.04. The van der Waals surface area contributed by atoms with Crippen LogP contribution in [0.2, 0.25) is 0 Å². The van der Waals surface area contributed by atoms with Crippen LogP contribution in [0.15, 0.2) is 59.8 Å². The Kier molecular flexibility index (Phi) is 5.84. The highest BCUT2D eigenvalue weighted by Crippen LogP contribution is 2.29. The van der Waals surface area contributed by atoms with Gasteiger partial charge in [-0.25, -0.2) is 4.39 Å². The van der Waals surface area contributed by atoms with E-state index in [0.29, 0.717) is 16.5 Å². The van der Waals surface area contributed by atoms with Crippen LogP contribution in [0.25, 0.3) is 17.1 Å². The number of aromatic nitrogens is 3. The molecule has 3 rings (SSSR count). The topological polar surface area (TPSA) is 80.8 Å². The number of para-hydroxylation sites is 1. The van der Waals surface area contributed by atoms with Crippen molar-refractivity contribution in [3.63, 3.8) is 0 Å². The quantitative estimate of drug-likeness (QED) is 0.478. The highest BCUT2D eigenvalue weighted by atomic mass is 32.2. The molecule has 0 saturated carbocycles. The van der Waals surface area contributed by atoms with Crippen molar-refractivity contribution < 1.29 is 13.9 Å². The molecule has 8 heteroatoms. The van der Waals surface area contributed by atoms with E-state index in [-0.39, 0.29) is 5.75 Å². The molecule has 0 amide bonds. The third kappa shape index (κ3) is 4.33. The van der Waals surface area contributed by atoms with Gasteiger partial charge in [0.25, 0.3) is 0 Å². The number of thioether (sulfide) groups is 1. The van der Waals surface area contributed by atoms with Crippen molar-refractivity contribution >= 4 is 17.7 Å². The fourth-order valence-corrected chi connectivity index (χ4v) is 3.11. The molecule has 3 aromatic rings. The van der Waals surface area contributed by atoms with E-state index < -0.39 is 17.9 Å². The molecule has 0 spiro atoms. The van der Waals surface area contributed by atoms with Gasteiger partial charge >= 0.3 is 5.97 Å². The molecule has 1 atom stereocenters. The van der Waals surface area contributed by atoms with Crippen molar-refractivity contribution in [2.24, 2.45) is 0 Å². The number of esters is 1. The second-order valence-electron chi connectivity index (χ2n) is 5.51. The van der Waals surface area contributed by atoms with Gasteiger partial charge in [-0.05, 0) is 31.2 Å². The Labute approximate surface area is 159 Å². The first-order chi connectivity index (χ1) is 13.1. The molecule has 0 unspecified atom stereocenters. The molecule has 0 aliphatic rings. The van der Waals surface area contributed by atoms with E-state index >= 15 is 0 Å². The number of benzene rings is 2. The summed E-state index contributed by atoms with van der Waals surface area (Å²) in [7, 11) is 0. The first-order valence-corrected chi connectivity index (χ1v) is 9.06. The molecule has 0 bridgehead atoms. The summed E-state index contributed by atoms with van der Waals surface area (Å²) in [6.45, 7) is 1.49. The minimum atomic E-state index is -0.820. The van der Waals surface area contributed by atoms with Gasteiger partial charge in [0.15, 0.2) is 17.1 Å². The number of hydrogen-bond acceptors (Lipinski definition) is 6. The molecular weight excluding hydrogens is 367 g/mol. The van der Waals surface area contributed by atoms with Crippen LogP contribution < -0.4 is 0 Å². The van der Waals surface area contributed by atoms with E-state index in [9.17, 15) is 9.18 Å². The number of carbonyl (C=O) groups excluding carboxylic acids is 1. The van der Waals surface area contributed by atoms with Gasteiger partial charge in [-0.1, -0.05) is 42.1 Å². The average molecular weight is 382 g/mol. The van der Waals surface area contributed by atoms with Gasteiger partial charge in [0.2, 0.25) is 0 Å². The van der Waals surface area contributed by atoms with E-state index in [2.05, 4.69) is 10.2 Å². The van der Waals surface area contributed by atoms with Crippen molar-refractivity contribution in [3.05, 3.63) is 60.4 Å². The lowest BCUT2D eigenvalue weighted by Gasteiger charge is -2.11. The number of rotatable bonds is 6. The summed E-state index contributed by atoms with van der Waals surface area (Å²) >= 11 is 1.11. The molecular formula is C19H15FN4O2S. The van der Waals surface area contributed by atoms with Crippen LogP contribution >= 0.6 is 11.8 Å². The van der Waals surface area contributed by atoms with Gasteiger partial charge in [0.1, 0.15) is 11.9 Å². The van der Waals surface area contributed by atoms with Gasteiger partial charge in [0.05, 0.1) is 11.3 Å². The number of halogens is 1. The van der Waals surface area contributed by atoms with E-state index in [1.807, 2.05) is 36.4 Å². The SMILES string of the molecule is C[C@@H](C#N)OC(=O)CSc1nnc(-c2ccccc2F)n1-c1ccccc1. The van der Waals surface area contributed by atoms with E-state index in [0.717, 1.165) is 17.4 Å². The Hall–Kier alpha value is -3.18. The third-order valence-electron chi connectivity index (χ3n) is 3.57. The summed E-state index contributed by atoms with van der Waals surface area (Å²) in [5, 5.41) is 17.4. The molecule has 6 nitrogen and oxygen atoms in total. The predicted molar refractivity (Wildman–Crippen MR) is 98.6 cm³/mol.